The summed E-state index contributed by atoms with van der Waals surface area (Å²) in [5, 5.41) is 10.4. The van der Waals surface area contributed by atoms with Gasteiger partial charge in [0.05, 0.1) is 4.92 Å². The molecule has 0 aliphatic rings. The highest BCUT2D eigenvalue weighted by Crippen LogP contribution is 2.14. The first-order chi connectivity index (χ1) is 7.17. The summed E-state index contributed by atoms with van der Waals surface area (Å²) < 4.78 is 0. The highest BCUT2D eigenvalue weighted by Gasteiger charge is 2.08. The third-order valence-corrected chi connectivity index (χ3v) is 2.34. The van der Waals surface area contributed by atoms with Gasteiger partial charge < -0.3 is 11.5 Å². The van der Waals surface area contributed by atoms with Gasteiger partial charge in [0.1, 0.15) is 0 Å². The van der Waals surface area contributed by atoms with Crippen LogP contribution in [0.15, 0.2) is 24.3 Å². The standard InChI is InChI=1S/C10H15N3O2/c11-6-9(7-12)5-8-1-3-10(4-2-8)13(14)15/h1-4,9H,5-7,11-12H2. The van der Waals surface area contributed by atoms with Gasteiger partial charge in [0, 0.05) is 12.1 Å². The van der Waals surface area contributed by atoms with Gasteiger partial charge in [-0.15, -0.1) is 0 Å². The number of hydrogen-bond donors (Lipinski definition) is 2. The third-order valence-electron chi connectivity index (χ3n) is 2.34. The van der Waals surface area contributed by atoms with Crippen LogP contribution in [0.5, 0.6) is 0 Å². The summed E-state index contributed by atoms with van der Waals surface area (Å²) in [6, 6.07) is 6.49. The van der Waals surface area contributed by atoms with E-state index in [0.717, 1.165) is 12.0 Å². The highest BCUT2D eigenvalue weighted by atomic mass is 16.6. The van der Waals surface area contributed by atoms with E-state index in [9.17, 15) is 10.1 Å². The molecule has 0 spiro atoms. The molecule has 0 fully saturated rings. The predicted molar refractivity (Wildman–Crippen MR) is 58.4 cm³/mol. The quantitative estimate of drug-likeness (QED) is 0.550. The van der Waals surface area contributed by atoms with Crippen LogP contribution in [-0.4, -0.2) is 18.0 Å². The second kappa shape index (κ2) is 5.43. The first-order valence-corrected chi connectivity index (χ1v) is 4.80. The first-order valence-electron chi connectivity index (χ1n) is 4.80. The Morgan fingerprint density at radius 3 is 2.13 bits per heavy atom. The van der Waals surface area contributed by atoms with E-state index in [4.69, 9.17) is 11.5 Å². The number of nitro groups is 1. The fourth-order valence-corrected chi connectivity index (χ4v) is 1.35. The Morgan fingerprint density at radius 2 is 1.73 bits per heavy atom. The number of non-ortho nitro benzene ring substituents is 1. The molecule has 5 nitrogen and oxygen atoms in total. The minimum Gasteiger partial charge on any atom is -0.330 e. The van der Waals surface area contributed by atoms with Crippen molar-refractivity contribution in [1.29, 1.82) is 0 Å². The summed E-state index contributed by atoms with van der Waals surface area (Å²) in [5.41, 5.74) is 12.2. The van der Waals surface area contributed by atoms with Crippen molar-refractivity contribution in [3.8, 4) is 0 Å². The molecule has 0 aromatic heterocycles. The second-order valence-corrected chi connectivity index (χ2v) is 3.47. The molecule has 0 unspecified atom stereocenters. The minimum absolute atomic E-state index is 0.107. The molecule has 0 atom stereocenters. The van der Waals surface area contributed by atoms with Crippen LogP contribution in [0.25, 0.3) is 0 Å². The van der Waals surface area contributed by atoms with Crippen LogP contribution in [0.1, 0.15) is 5.56 Å². The number of nitro benzene ring substituents is 1. The number of hydrogen-bond acceptors (Lipinski definition) is 4. The molecule has 1 aromatic rings. The lowest BCUT2D eigenvalue weighted by Crippen LogP contribution is -2.25. The predicted octanol–water partition coefficient (Wildman–Crippen LogP) is 0.671. The zero-order chi connectivity index (χ0) is 11.3. The molecular formula is C10H15N3O2. The summed E-state index contributed by atoms with van der Waals surface area (Å²) in [6.07, 6.45) is 0.769. The number of nitrogens with two attached hydrogens (primary N) is 2. The summed E-state index contributed by atoms with van der Waals surface area (Å²) in [6.45, 7) is 1.07. The van der Waals surface area contributed by atoms with E-state index in [-0.39, 0.29) is 11.6 Å². The van der Waals surface area contributed by atoms with Crippen LogP contribution in [-0.2, 0) is 6.42 Å². The van der Waals surface area contributed by atoms with E-state index in [0.29, 0.717) is 13.1 Å². The van der Waals surface area contributed by atoms with E-state index in [2.05, 4.69) is 0 Å². The van der Waals surface area contributed by atoms with Gasteiger partial charge in [0.25, 0.3) is 5.69 Å². The lowest BCUT2D eigenvalue weighted by molar-refractivity contribution is -0.384. The van der Waals surface area contributed by atoms with Crippen molar-refractivity contribution in [3.05, 3.63) is 39.9 Å². The topological polar surface area (TPSA) is 95.2 Å². The zero-order valence-electron chi connectivity index (χ0n) is 8.43. The Balaban J connectivity index is 2.67. The van der Waals surface area contributed by atoms with Crippen molar-refractivity contribution in [3.63, 3.8) is 0 Å². The molecule has 0 saturated carbocycles. The maximum Gasteiger partial charge on any atom is 0.269 e. The van der Waals surface area contributed by atoms with Crippen molar-refractivity contribution in [1.82, 2.24) is 0 Å². The van der Waals surface area contributed by atoms with Gasteiger partial charge in [-0.1, -0.05) is 12.1 Å². The van der Waals surface area contributed by atoms with Gasteiger partial charge in [-0.3, -0.25) is 10.1 Å². The monoisotopic (exact) mass is 209 g/mol. The lowest BCUT2D eigenvalue weighted by Gasteiger charge is -2.11. The van der Waals surface area contributed by atoms with E-state index in [1.165, 1.54) is 12.1 Å². The molecule has 0 amide bonds. The van der Waals surface area contributed by atoms with Crippen molar-refractivity contribution >= 4 is 5.69 Å². The Hall–Kier alpha value is -1.46. The fourth-order valence-electron chi connectivity index (χ4n) is 1.35. The molecule has 82 valence electrons. The van der Waals surface area contributed by atoms with Gasteiger partial charge in [-0.05, 0) is 31.0 Å². The van der Waals surface area contributed by atoms with Crippen LogP contribution in [0.3, 0.4) is 0 Å². The molecule has 0 radical (unpaired) electrons. The SMILES string of the molecule is NCC(CN)Cc1ccc([N+](=O)[O-])cc1. The second-order valence-electron chi connectivity index (χ2n) is 3.47. The molecule has 1 aromatic carbocycles. The summed E-state index contributed by atoms with van der Waals surface area (Å²) in [4.78, 5) is 10.0. The maximum absolute atomic E-state index is 10.4. The normalized spacial score (nSPS) is 10.6. The smallest absolute Gasteiger partial charge is 0.269 e. The molecule has 0 aliphatic carbocycles. The zero-order valence-corrected chi connectivity index (χ0v) is 8.43. The van der Waals surface area contributed by atoms with E-state index < -0.39 is 4.92 Å². The summed E-state index contributed by atoms with van der Waals surface area (Å²) in [5.74, 6) is 0.242. The number of nitrogens with zero attached hydrogens (tertiary/aromatic N) is 1. The van der Waals surface area contributed by atoms with Crippen LogP contribution >= 0.6 is 0 Å². The molecule has 0 bridgehead atoms. The largest absolute Gasteiger partial charge is 0.330 e. The van der Waals surface area contributed by atoms with Gasteiger partial charge in [-0.25, -0.2) is 0 Å². The molecule has 15 heavy (non-hydrogen) atoms. The summed E-state index contributed by atoms with van der Waals surface area (Å²) in [7, 11) is 0. The lowest BCUT2D eigenvalue weighted by atomic mass is 9.99. The van der Waals surface area contributed by atoms with Crippen molar-refractivity contribution in [2.24, 2.45) is 17.4 Å². The van der Waals surface area contributed by atoms with Gasteiger partial charge in [0.15, 0.2) is 0 Å². The Bertz CT molecular complexity index is 320. The molecular weight excluding hydrogens is 194 g/mol. The summed E-state index contributed by atoms with van der Waals surface area (Å²) >= 11 is 0. The molecule has 5 heteroatoms. The van der Waals surface area contributed by atoms with Crippen molar-refractivity contribution < 1.29 is 4.92 Å². The van der Waals surface area contributed by atoms with Crippen molar-refractivity contribution in [2.45, 2.75) is 6.42 Å². The fraction of sp³-hybridized carbons (Fsp3) is 0.400. The average Bonchev–Trinajstić information content (AvgIpc) is 2.26. The molecule has 0 saturated heterocycles. The highest BCUT2D eigenvalue weighted by molar-refractivity contribution is 5.33. The van der Waals surface area contributed by atoms with Gasteiger partial charge >= 0.3 is 0 Å². The van der Waals surface area contributed by atoms with Crippen LogP contribution in [0.2, 0.25) is 0 Å². The minimum atomic E-state index is -0.410. The molecule has 1 rings (SSSR count). The Morgan fingerprint density at radius 1 is 1.20 bits per heavy atom. The maximum atomic E-state index is 10.4. The van der Waals surface area contributed by atoms with Crippen molar-refractivity contribution in [2.75, 3.05) is 13.1 Å². The Labute approximate surface area is 88.2 Å². The number of benzene rings is 1. The van der Waals surface area contributed by atoms with E-state index in [1.807, 2.05) is 0 Å². The first kappa shape index (κ1) is 11.6. The van der Waals surface area contributed by atoms with E-state index >= 15 is 0 Å². The number of rotatable bonds is 5. The Kier molecular flexibility index (Phi) is 4.20. The van der Waals surface area contributed by atoms with Gasteiger partial charge in [0.2, 0.25) is 0 Å². The molecule has 4 N–H and O–H groups in total. The third kappa shape index (κ3) is 3.30. The molecule has 0 aliphatic heterocycles. The van der Waals surface area contributed by atoms with Gasteiger partial charge in [-0.2, -0.15) is 0 Å². The van der Waals surface area contributed by atoms with E-state index in [1.54, 1.807) is 12.1 Å². The average molecular weight is 209 g/mol. The molecule has 0 heterocycles. The van der Waals surface area contributed by atoms with Crippen LogP contribution in [0.4, 0.5) is 5.69 Å². The van der Waals surface area contributed by atoms with Crippen LogP contribution in [0, 0.1) is 16.0 Å². The van der Waals surface area contributed by atoms with Crippen LogP contribution < -0.4 is 11.5 Å².